The lowest BCUT2D eigenvalue weighted by atomic mass is 10.0. The van der Waals surface area contributed by atoms with E-state index in [1.807, 2.05) is 6.07 Å². The normalized spacial score (nSPS) is 11.2. The number of hydrogen-bond acceptors (Lipinski definition) is 8. The zero-order chi connectivity index (χ0) is 27.7. The van der Waals surface area contributed by atoms with E-state index in [2.05, 4.69) is 14.4 Å². The predicted octanol–water partition coefficient (Wildman–Crippen LogP) is 4.47. The van der Waals surface area contributed by atoms with Crippen LogP contribution in [0.15, 0.2) is 87.2 Å². The number of pyridine rings is 1. The van der Waals surface area contributed by atoms with Crippen LogP contribution in [0.5, 0.6) is 11.5 Å². The Bertz CT molecular complexity index is 1930. The molecule has 0 amide bonds. The molecule has 0 unspecified atom stereocenters. The number of fused-ring (bicyclic) bond motifs is 1. The highest BCUT2D eigenvalue weighted by molar-refractivity contribution is 7.92. The van der Waals surface area contributed by atoms with Crippen LogP contribution in [0.25, 0.3) is 27.7 Å². The SMILES string of the molecule is COc1ccc(C#N)cc1-c1cc(OC)c(-n2c(=O)ccc3cc(S(=O)(=O)Nc4ccon4)ccc32)cc1F. The van der Waals surface area contributed by atoms with Crippen molar-refractivity contribution >= 4 is 26.7 Å². The van der Waals surface area contributed by atoms with Crippen molar-refractivity contribution in [3.8, 4) is 34.4 Å². The molecule has 5 aromatic rings. The highest BCUT2D eigenvalue weighted by Gasteiger charge is 2.21. The fraction of sp³-hybridized carbons (Fsp3) is 0.0741. The molecule has 0 aliphatic heterocycles. The maximum Gasteiger partial charge on any atom is 0.263 e. The Morgan fingerprint density at radius 3 is 2.46 bits per heavy atom. The molecule has 0 atom stereocenters. The van der Waals surface area contributed by atoms with Gasteiger partial charge in [-0.1, -0.05) is 5.16 Å². The fourth-order valence-electron chi connectivity index (χ4n) is 4.18. The molecule has 0 saturated heterocycles. The summed E-state index contributed by atoms with van der Waals surface area (Å²) >= 11 is 0. The van der Waals surface area contributed by atoms with Gasteiger partial charge in [0.05, 0.1) is 42.0 Å². The van der Waals surface area contributed by atoms with Gasteiger partial charge in [-0.05, 0) is 48.5 Å². The van der Waals surface area contributed by atoms with Crippen molar-refractivity contribution < 1.29 is 26.8 Å². The first-order valence-corrected chi connectivity index (χ1v) is 12.8. The number of nitrogens with zero attached hydrogens (tertiary/aromatic N) is 3. The number of nitriles is 1. The first kappa shape index (κ1) is 25.5. The molecule has 0 fully saturated rings. The van der Waals surface area contributed by atoms with Crippen LogP contribution in [0.2, 0.25) is 0 Å². The van der Waals surface area contributed by atoms with Gasteiger partial charge in [0, 0.05) is 34.7 Å². The standard InChI is InChI=1S/C27H19FN4O6S/c1-36-24-7-3-16(15-29)11-20(24)19-13-25(37-2)23(14-21(19)28)32-22-6-5-18(12-17(22)4-8-27(32)33)39(34,35)31-26-9-10-38-30-26/h3-14H,1-2H3,(H,30,31). The first-order chi connectivity index (χ1) is 18.7. The topological polar surface area (TPSA) is 136 Å². The van der Waals surface area contributed by atoms with E-state index in [0.717, 1.165) is 6.07 Å². The molecule has 0 spiro atoms. The molecule has 0 saturated carbocycles. The number of aromatic nitrogens is 2. The molecule has 39 heavy (non-hydrogen) atoms. The van der Waals surface area contributed by atoms with Gasteiger partial charge in [-0.15, -0.1) is 0 Å². The van der Waals surface area contributed by atoms with E-state index in [1.54, 1.807) is 12.1 Å². The molecule has 2 heterocycles. The third-order valence-corrected chi connectivity index (χ3v) is 7.33. The van der Waals surface area contributed by atoms with Crippen LogP contribution in [0, 0.1) is 17.1 Å². The Kier molecular flexibility index (Phi) is 6.51. The molecule has 0 aliphatic rings. The lowest BCUT2D eigenvalue weighted by Gasteiger charge is -2.17. The van der Waals surface area contributed by atoms with Crippen LogP contribution in [-0.4, -0.2) is 32.4 Å². The minimum atomic E-state index is -4.01. The fourth-order valence-corrected chi connectivity index (χ4v) is 5.20. The predicted molar refractivity (Wildman–Crippen MR) is 140 cm³/mol. The quantitative estimate of drug-likeness (QED) is 0.316. The summed E-state index contributed by atoms with van der Waals surface area (Å²) in [5.41, 5.74) is 0.665. The number of nitrogens with one attached hydrogen (secondary N) is 1. The summed E-state index contributed by atoms with van der Waals surface area (Å²) in [6.45, 7) is 0. The Morgan fingerprint density at radius 1 is 0.974 bits per heavy atom. The van der Waals surface area contributed by atoms with Gasteiger partial charge in [-0.2, -0.15) is 5.26 Å². The Morgan fingerprint density at radius 2 is 1.77 bits per heavy atom. The molecule has 3 aromatic carbocycles. The van der Waals surface area contributed by atoms with Crippen molar-refractivity contribution in [2.45, 2.75) is 4.90 Å². The third kappa shape index (κ3) is 4.67. The molecular formula is C27H19FN4O6S. The van der Waals surface area contributed by atoms with Gasteiger partial charge in [0.2, 0.25) is 0 Å². The first-order valence-electron chi connectivity index (χ1n) is 11.3. The van der Waals surface area contributed by atoms with Crippen molar-refractivity contribution in [2.24, 2.45) is 0 Å². The van der Waals surface area contributed by atoms with E-state index in [0.29, 0.717) is 27.8 Å². The van der Waals surface area contributed by atoms with E-state index in [9.17, 15) is 18.5 Å². The molecule has 2 aromatic heterocycles. The second-order valence-corrected chi connectivity index (χ2v) is 9.93. The molecule has 5 rings (SSSR count). The number of anilines is 1. The van der Waals surface area contributed by atoms with Crippen LogP contribution in [0.3, 0.4) is 0 Å². The van der Waals surface area contributed by atoms with Crippen molar-refractivity contribution in [1.82, 2.24) is 9.72 Å². The van der Waals surface area contributed by atoms with E-state index in [-0.39, 0.29) is 27.7 Å². The second kappa shape index (κ2) is 9.96. The molecule has 0 bridgehead atoms. The molecule has 0 aliphatic carbocycles. The Balaban J connectivity index is 1.66. The van der Waals surface area contributed by atoms with Gasteiger partial charge in [-0.3, -0.25) is 14.1 Å². The summed E-state index contributed by atoms with van der Waals surface area (Å²) in [4.78, 5) is 12.9. The van der Waals surface area contributed by atoms with Crippen LogP contribution < -0.4 is 19.8 Å². The van der Waals surface area contributed by atoms with Gasteiger partial charge in [0.15, 0.2) is 5.82 Å². The van der Waals surface area contributed by atoms with Crippen molar-refractivity contribution in [2.75, 3.05) is 18.9 Å². The summed E-state index contributed by atoms with van der Waals surface area (Å²) < 4.78 is 60.3. The zero-order valence-corrected chi connectivity index (χ0v) is 21.3. The van der Waals surface area contributed by atoms with E-state index in [1.165, 1.54) is 73.6 Å². The number of benzene rings is 3. The van der Waals surface area contributed by atoms with E-state index < -0.39 is 21.4 Å². The summed E-state index contributed by atoms with van der Waals surface area (Å²) in [5, 5.41) is 13.2. The van der Waals surface area contributed by atoms with Gasteiger partial charge in [0.1, 0.15) is 23.6 Å². The van der Waals surface area contributed by atoms with Crippen molar-refractivity contribution in [3.63, 3.8) is 0 Å². The van der Waals surface area contributed by atoms with E-state index >= 15 is 4.39 Å². The van der Waals surface area contributed by atoms with Gasteiger partial charge in [0.25, 0.3) is 15.6 Å². The summed E-state index contributed by atoms with van der Waals surface area (Å²) in [6, 6.07) is 17.4. The molecule has 1 N–H and O–H groups in total. The lowest BCUT2D eigenvalue weighted by molar-refractivity contribution is 0.411. The molecule has 196 valence electrons. The second-order valence-electron chi connectivity index (χ2n) is 8.25. The summed E-state index contributed by atoms with van der Waals surface area (Å²) in [5.74, 6) is -0.177. The van der Waals surface area contributed by atoms with E-state index in [4.69, 9.17) is 9.47 Å². The zero-order valence-electron chi connectivity index (χ0n) is 20.5. The number of rotatable bonds is 7. The average molecular weight is 547 g/mol. The number of ether oxygens (including phenoxy) is 2. The molecule has 12 heteroatoms. The monoisotopic (exact) mass is 546 g/mol. The molecule has 10 nitrogen and oxygen atoms in total. The summed E-state index contributed by atoms with van der Waals surface area (Å²) in [6.07, 6.45) is 1.23. The lowest BCUT2D eigenvalue weighted by Crippen LogP contribution is -2.19. The number of hydrogen-bond donors (Lipinski definition) is 1. The highest BCUT2D eigenvalue weighted by Crippen LogP contribution is 2.38. The van der Waals surface area contributed by atoms with Crippen LogP contribution in [0.1, 0.15) is 5.56 Å². The number of sulfonamides is 1. The molecule has 0 radical (unpaired) electrons. The van der Waals surface area contributed by atoms with Gasteiger partial charge < -0.3 is 14.0 Å². The minimum absolute atomic E-state index is 0.0114. The van der Waals surface area contributed by atoms with Crippen LogP contribution >= 0.6 is 0 Å². The van der Waals surface area contributed by atoms with Crippen LogP contribution in [0.4, 0.5) is 10.2 Å². The van der Waals surface area contributed by atoms with Gasteiger partial charge >= 0.3 is 0 Å². The van der Waals surface area contributed by atoms with Gasteiger partial charge in [-0.25, -0.2) is 12.8 Å². The number of halogens is 1. The number of methoxy groups -OCH3 is 2. The summed E-state index contributed by atoms with van der Waals surface area (Å²) in [7, 11) is -1.20. The highest BCUT2D eigenvalue weighted by atomic mass is 32.2. The largest absolute Gasteiger partial charge is 0.496 e. The van der Waals surface area contributed by atoms with Crippen LogP contribution in [-0.2, 0) is 10.0 Å². The maximum absolute atomic E-state index is 15.6. The maximum atomic E-state index is 15.6. The van der Waals surface area contributed by atoms with Crippen molar-refractivity contribution in [3.05, 3.63) is 94.7 Å². The van der Waals surface area contributed by atoms with Crippen molar-refractivity contribution in [1.29, 1.82) is 5.26 Å². The Hall–Kier alpha value is -5.15. The smallest absolute Gasteiger partial charge is 0.263 e. The third-order valence-electron chi connectivity index (χ3n) is 5.98. The average Bonchev–Trinajstić information content (AvgIpc) is 3.44. The Labute approximate surface area is 221 Å². The minimum Gasteiger partial charge on any atom is -0.496 e. The molecular weight excluding hydrogens is 527 g/mol.